The fourth-order valence-corrected chi connectivity index (χ4v) is 3.33. The van der Waals surface area contributed by atoms with Crippen LogP contribution >= 0.6 is 12.4 Å². The molecule has 0 unspecified atom stereocenters. The third kappa shape index (κ3) is 5.17. The Morgan fingerprint density at radius 1 is 1.06 bits per heavy atom. The second-order valence-corrected chi connectivity index (χ2v) is 7.31. The first kappa shape index (κ1) is 23.1. The van der Waals surface area contributed by atoms with Crippen LogP contribution in [0, 0.1) is 6.92 Å². The van der Waals surface area contributed by atoms with Gasteiger partial charge in [-0.25, -0.2) is 0 Å². The van der Waals surface area contributed by atoms with Crippen molar-refractivity contribution >= 4 is 40.6 Å². The molecule has 0 saturated carbocycles. The van der Waals surface area contributed by atoms with Crippen LogP contribution in [0.3, 0.4) is 0 Å². The van der Waals surface area contributed by atoms with E-state index in [1.54, 1.807) is 30.3 Å². The minimum Gasteiger partial charge on any atom is -0.489 e. The van der Waals surface area contributed by atoms with E-state index in [4.69, 9.17) is 10.5 Å². The predicted molar refractivity (Wildman–Crippen MR) is 129 cm³/mol. The van der Waals surface area contributed by atoms with E-state index in [0.29, 0.717) is 33.5 Å². The minimum atomic E-state index is -0.235. The average Bonchev–Trinajstić information content (AvgIpc) is 2.79. The third-order valence-electron chi connectivity index (χ3n) is 4.99. The number of nitrogen functional groups attached to an aromatic ring is 1. The van der Waals surface area contributed by atoms with E-state index < -0.39 is 0 Å². The first-order chi connectivity index (χ1) is 15.0. The van der Waals surface area contributed by atoms with E-state index in [1.165, 1.54) is 0 Å². The Morgan fingerprint density at radius 2 is 1.81 bits per heavy atom. The van der Waals surface area contributed by atoms with Crippen LogP contribution in [0.25, 0.3) is 10.9 Å². The highest BCUT2D eigenvalue weighted by Gasteiger charge is 2.13. The lowest BCUT2D eigenvalue weighted by Gasteiger charge is -2.12. The number of fused-ring (bicyclic) bond motifs is 1. The highest BCUT2D eigenvalue weighted by Crippen LogP contribution is 2.25. The van der Waals surface area contributed by atoms with Gasteiger partial charge in [0.15, 0.2) is 0 Å². The summed E-state index contributed by atoms with van der Waals surface area (Å²) in [6.45, 7) is 2.12. The third-order valence-corrected chi connectivity index (χ3v) is 4.99. The highest BCUT2D eigenvalue weighted by molar-refractivity contribution is 6.06. The number of aromatic nitrogens is 1. The summed E-state index contributed by atoms with van der Waals surface area (Å²) in [5, 5.41) is 12.9. The number of nitrogens with two attached hydrogens (primary N) is 1. The fourth-order valence-electron chi connectivity index (χ4n) is 3.33. The molecule has 1 aromatic heterocycles. The van der Waals surface area contributed by atoms with Crippen molar-refractivity contribution in [1.82, 2.24) is 4.98 Å². The number of anilines is 2. The molecule has 0 aliphatic rings. The summed E-state index contributed by atoms with van der Waals surface area (Å²) >= 11 is 0. The Morgan fingerprint density at radius 3 is 2.56 bits per heavy atom. The molecule has 6 nitrogen and oxygen atoms in total. The molecule has 4 aromatic rings. The van der Waals surface area contributed by atoms with Crippen molar-refractivity contribution in [1.29, 1.82) is 0 Å². The van der Waals surface area contributed by atoms with E-state index in [2.05, 4.69) is 10.3 Å². The van der Waals surface area contributed by atoms with E-state index in [1.807, 2.05) is 49.4 Å². The number of rotatable bonds is 6. The van der Waals surface area contributed by atoms with Gasteiger partial charge in [0.25, 0.3) is 5.91 Å². The number of amides is 1. The molecule has 0 aliphatic heterocycles. The van der Waals surface area contributed by atoms with E-state index in [-0.39, 0.29) is 31.5 Å². The van der Waals surface area contributed by atoms with Crippen LogP contribution in [0.4, 0.5) is 11.4 Å². The summed E-state index contributed by atoms with van der Waals surface area (Å²) in [5.74, 6) is 0.515. The number of carbonyl (C=O) groups is 1. The Labute approximate surface area is 192 Å². The van der Waals surface area contributed by atoms with Gasteiger partial charge in [0.2, 0.25) is 0 Å². The molecule has 4 N–H and O–H groups in total. The van der Waals surface area contributed by atoms with Gasteiger partial charge >= 0.3 is 0 Å². The summed E-state index contributed by atoms with van der Waals surface area (Å²) in [5.41, 5.74) is 10.8. The number of carbonyl (C=O) groups excluding carboxylic acids is 1. The molecule has 3 aromatic carbocycles. The largest absolute Gasteiger partial charge is 0.489 e. The summed E-state index contributed by atoms with van der Waals surface area (Å²) < 4.78 is 5.86. The first-order valence-electron chi connectivity index (χ1n) is 9.92. The van der Waals surface area contributed by atoms with Crippen molar-refractivity contribution in [2.24, 2.45) is 0 Å². The van der Waals surface area contributed by atoms with Crippen LogP contribution in [-0.2, 0) is 13.2 Å². The molecule has 0 saturated heterocycles. The van der Waals surface area contributed by atoms with Crippen molar-refractivity contribution in [2.75, 3.05) is 11.1 Å². The normalized spacial score (nSPS) is 10.4. The van der Waals surface area contributed by atoms with Gasteiger partial charge in [0.1, 0.15) is 12.4 Å². The molecule has 0 atom stereocenters. The van der Waals surface area contributed by atoms with Gasteiger partial charge in [-0.05, 0) is 49.4 Å². The molecule has 7 heteroatoms. The second-order valence-electron chi connectivity index (χ2n) is 7.31. The molecule has 0 bridgehead atoms. The summed E-state index contributed by atoms with van der Waals surface area (Å²) in [6, 6.07) is 22.1. The first-order valence-corrected chi connectivity index (χ1v) is 9.92. The lowest BCUT2D eigenvalue weighted by molar-refractivity contribution is 0.102. The number of nitrogens with one attached hydrogen (secondary N) is 1. The molecule has 0 radical (unpaired) electrons. The van der Waals surface area contributed by atoms with Gasteiger partial charge in [-0.3, -0.25) is 9.78 Å². The van der Waals surface area contributed by atoms with Crippen LogP contribution in [0.5, 0.6) is 5.75 Å². The number of aliphatic hydroxyl groups is 1. The van der Waals surface area contributed by atoms with Crippen molar-refractivity contribution in [3.05, 3.63) is 95.2 Å². The molecular formula is C25H24ClN3O3. The van der Waals surface area contributed by atoms with Gasteiger partial charge in [-0.1, -0.05) is 35.9 Å². The smallest absolute Gasteiger partial charge is 0.256 e. The number of benzene rings is 3. The lowest BCUT2D eigenvalue weighted by atomic mass is 10.1. The van der Waals surface area contributed by atoms with E-state index >= 15 is 0 Å². The molecule has 0 fully saturated rings. The van der Waals surface area contributed by atoms with E-state index in [9.17, 15) is 9.90 Å². The molecule has 0 spiro atoms. The number of nitrogens with zero attached hydrogens (tertiary/aromatic N) is 1. The maximum Gasteiger partial charge on any atom is 0.256 e. The minimum absolute atomic E-state index is 0. The number of aryl methyl sites for hydroxylation is 1. The number of hydrogen-bond donors (Lipinski definition) is 3. The maximum atomic E-state index is 13.0. The van der Waals surface area contributed by atoms with Gasteiger partial charge in [-0.2, -0.15) is 0 Å². The van der Waals surface area contributed by atoms with Crippen molar-refractivity contribution in [3.63, 3.8) is 0 Å². The number of pyridine rings is 1. The Hall–Kier alpha value is -3.61. The lowest BCUT2D eigenvalue weighted by Crippen LogP contribution is -2.15. The van der Waals surface area contributed by atoms with Crippen molar-refractivity contribution in [3.8, 4) is 5.75 Å². The monoisotopic (exact) mass is 449 g/mol. The fraction of sp³-hybridized carbons (Fsp3) is 0.120. The Balaban J connectivity index is 0.00000289. The number of halogens is 1. The standard InChI is InChI=1S/C25H23N3O3.ClH/c1-16-6-9-20(10-7-16)31-15-17-4-2-3-5-21(17)25(30)28-18-8-11-24-22(12-18)23(26)13-19(14-29)27-24;/h2-13,29H,14-15H2,1H3,(H2,26,27)(H,28,30);1H. The predicted octanol–water partition coefficient (Wildman–Crippen LogP) is 4.87. The molecule has 1 amide bonds. The van der Waals surface area contributed by atoms with Crippen LogP contribution in [0.1, 0.15) is 27.2 Å². The van der Waals surface area contributed by atoms with Gasteiger partial charge in [-0.15, -0.1) is 12.4 Å². The quantitative estimate of drug-likeness (QED) is 0.390. The van der Waals surface area contributed by atoms with Crippen molar-refractivity contribution in [2.45, 2.75) is 20.1 Å². The molecule has 1 heterocycles. The van der Waals surface area contributed by atoms with Crippen LogP contribution in [-0.4, -0.2) is 16.0 Å². The maximum absolute atomic E-state index is 13.0. The molecule has 164 valence electrons. The van der Waals surface area contributed by atoms with Crippen LogP contribution < -0.4 is 15.8 Å². The number of aliphatic hydroxyl groups excluding tert-OH is 1. The molecule has 4 rings (SSSR count). The Bertz CT molecular complexity index is 1240. The molecular weight excluding hydrogens is 426 g/mol. The zero-order chi connectivity index (χ0) is 21.8. The summed E-state index contributed by atoms with van der Waals surface area (Å²) in [6.07, 6.45) is 0. The van der Waals surface area contributed by atoms with Gasteiger partial charge in [0, 0.05) is 27.9 Å². The zero-order valence-electron chi connectivity index (χ0n) is 17.5. The number of hydrogen-bond acceptors (Lipinski definition) is 5. The van der Waals surface area contributed by atoms with Crippen LogP contribution in [0.2, 0.25) is 0 Å². The molecule has 0 aliphatic carbocycles. The van der Waals surface area contributed by atoms with Crippen LogP contribution in [0.15, 0.2) is 72.8 Å². The van der Waals surface area contributed by atoms with E-state index in [0.717, 1.165) is 16.9 Å². The molecule has 32 heavy (non-hydrogen) atoms. The zero-order valence-corrected chi connectivity index (χ0v) is 18.4. The SMILES string of the molecule is Cc1ccc(OCc2ccccc2C(=O)Nc2ccc3nc(CO)cc(N)c3c2)cc1.Cl. The van der Waals surface area contributed by atoms with Gasteiger partial charge in [0.05, 0.1) is 17.8 Å². The van der Waals surface area contributed by atoms with Gasteiger partial charge < -0.3 is 20.9 Å². The second kappa shape index (κ2) is 10.1. The average molecular weight is 450 g/mol. The highest BCUT2D eigenvalue weighted by atomic mass is 35.5. The van der Waals surface area contributed by atoms with Crippen molar-refractivity contribution < 1.29 is 14.6 Å². The summed E-state index contributed by atoms with van der Waals surface area (Å²) in [7, 11) is 0. The topological polar surface area (TPSA) is 97.5 Å². The summed E-state index contributed by atoms with van der Waals surface area (Å²) in [4.78, 5) is 17.3. The Kier molecular flexibility index (Phi) is 7.30. The number of ether oxygens (including phenoxy) is 1.